The van der Waals surface area contributed by atoms with E-state index in [9.17, 15) is 0 Å². The Labute approximate surface area is 68.6 Å². The molecule has 0 aromatic carbocycles. The second-order valence-corrected chi connectivity index (χ2v) is 2.74. The number of rotatable bonds is 3. The maximum Gasteiger partial charge on any atom is 0.240 e. The minimum Gasteiger partial charge on any atom is -0.338 e. The van der Waals surface area contributed by atoms with E-state index in [4.69, 9.17) is 9.78 Å². The first-order chi connectivity index (χ1) is 5.36. The summed E-state index contributed by atoms with van der Waals surface area (Å²) >= 11 is 1.62. The average molecular weight is 169 g/mol. The lowest BCUT2D eigenvalue weighted by Gasteiger charge is -1.82. The van der Waals surface area contributed by atoms with Crippen LogP contribution in [0.25, 0.3) is 0 Å². The third-order valence-corrected chi connectivity index (χ3v) is 1.56. The number of hydrogen-bond donors (Lipinski definition) is 0. The molecule has 0 bridgehead atoms. The summed E-state index contributed by atoms with van der Waals surface area (Å²) in [4.78, 5) is 3.97. The van der Waals surface area contributed by atoms with Crippen LogP contribution in [0.3, 0.4) is 0 Å². The van der Waals surface area contributed by atoms with Crippen molar-refractivity contribution in [1.29, 1.82) is 5.26 Å². The molecule has 0 amide bonds. The second-order valence-electron chi connectivity index (χ2n) is 1.87. The van der Waals surface area contributed by atoms with Crippen molar-refractivity contribution >= 4 is 11.8 Å². The minimum atomic E-state index is 0.196. The van der Waals surface area contributed by atoms with Gasteiger partial charge >= 0.3 is 0 Å². The van der Waals surface area contributed by atoms with E-state index in [1.54, 1.807) is 11.8 Å². The monoisotopic (exact) mass is 169 g/mol. The number of nitriles is 1. The van der Waals surface area contributed by atoms with Gasteiger partial charge in [-0.3, -0.25) is 0 Å². The van der Waals surface area contributed by atoms with Crippen LogP contribution in [0.4, 0.5) is 0 Å². The van der Waals surface area contributed by atoms with Gasteiger partial charge in [0.1, 0.15) is 6.42 Å². The number of thioether (sulfide) groups is 1. The zero-order chi connectivity index (χ0) is 8.10. The van der Waals surface area contributed by atoms with Crippen molar-refractivity contribution in [1.82, 2.24) is 10.1 Å². The fourth-order valence-electron chi connectivity index (χ4n) is 0.617. The molecule has 0 unspecified atom stereocenters. The highest BCUT2D eigenvalue weighted by Gasteiger charge is 2.03. The predicted octanol–water partition coefficient (Wildman–Crippen LogP) is 0.999. The zero-order valence-corrected chi connectivity index (χ0v) is 6.89. The Hall–Kier alpha value is -1.02. The van der Waals surface area contributed by atoms with Gasteiger partial charge in [0, 0.05) is 0 Å². The molecule has 0 atom stereocenters. The van der Waals surface area contributed by atoms with Gasteiger partial charge in [0.25, 0.3) is 0 Å². The van der Waals surface area contributed by atoms with Crippen LogP contribution in [0.5, 0.6) is 0 Å². The van der Waals surface area contributed by atoms with Crippen molar-refractivity contribution in [2.24, 2.45) is 0 Å². The lowest BCUT2D eigenvalue weighted by Crippen LogP contribution is -1.84. The SMILES string of the molecule is CSCc1noc(CC#N)n1. The van der Waals surface area contributed by atoms with Gasteiger partial charge in [-0.15, -0.1) is 0 Å². The van der Waals surface area contributed by atoms with Gasteiger partial charge in [0.05, 0.1) is 11.8 Å². The zero-order valence-electron chi connectivity index (χ0n) is 6.07. The van der Waals surface area contributed by atoms with E-state index in [2.05, 4.69) is 10.1 Å². The lowest BCUT2D eigenvalue weighted by molar-refractivity contribution is 0.383. The minimum absolute atomic E-state index is 0.196. The van der Waals surface area contributed by atoms with Crippen molar-refractivity contribution in [3.05, 3.63) is 11.7 Å². The number of hydrogen-bond acceptors (Lipinski definition) is 5. The lowest BCUT2D eigenvalue weighted by atomic mass is 10.5. The van der Waals surface area contributed by atoms with E-state index >= 15 is 0 Å². The van der Waals surface area contributed by atoms with Crippen LogP contribution in [0.2, 0.25) is 0 Å². The van der Waals surface area contributed by atoms with E-state index in [1.807, 2.05) is 12.3 Å². The molecule has 0 N–H and O–H groups in total. The molecule has 1 heterocycles. The Morgan fingerprint density at radius 3 is 3.18 bits per heavy atom. The Bertz CT molecular complexity index is 265. The van der Waals surface area contributed by atoms with Crippen LogP contribution < -0.4 is 0 Å². The molecule has 0 radical (unpaired) electrons. The maximum absolute atomic E-state index is 8.28. The molecule has 0 aliphatic carbocycles. The Morgan fingerprint density at radius 1 is 1.73 bits per heavy atom. The molecule has 1 aromatic heterocycles. The van der Waals surface area contributed by atoms with E-state index in [0.29, 0.717) is 11.7 Å². The highest BCUT2D eigenvalue weighted by Crippen LogP contribution is 2.05. The van der Waals surface area contributed by atoms with Gasteiger partial charge in [-0.05, 0) is 6.26 Å². The molecule has 4 nitrogen and oxygen atoms in total. The molecular formula is C6H7N3OS. The van der Waals surface area contributed by atoms with Crippen LogP contribution in [-0.4, -0.2) is 16.4 Å². The molecule has 11 heavy (non-hydrogen) atoms. The normalized spacial score (nSPS) is 9.45. The summed E-state index contributed by atoms with van der Waals surface area (Å²) in [6, 6.07) is 1.94. The molecule has 0 saturated carbocycles. The number of aromatic nitrogens is 2. The molecule has 1 rings (SSSR count). The van der Waals surface area contributed by atoms with Gasteiger partial charge in [0.2, 0.25) is 5.89 Å². The summed E-state index contributed by atoms with van der Waals surface area (Å²) in [5.74, 6) is 1.79. The molecule has 1 aromatic rings. The van der Waals surface area contributed by atoms with Crippen molar-refractivity contribution in [3.63, 3.8) is 0 Å². The van der Waals surface area contributed by atoms with Gasteiger partial charge in [0.15, 0.2) is 5.82 Å². The predicted molar refractivity (Wildman–Crippen MR) is 40.8 cm³/mol. The van der Waals surface area contributed by atoms with Crippen LogP contribution in [0.15, 0.2) is 4.52 Å². The highest BCUT2D eigenvalue weighted by molar-refractivity contribution is 7.97. The van der Waals surface area contributed by atoms with Gasteiger partial charge in [-0.1, -0.05) is 5.16 Å². The van der Waals surface area contributed by atoms with E-state index < -0.39 is 0 Å². The fourth-order valence-corrected chi connectivity index (χ4v) is 0.993. The van der Waals surface area contributed by atoms with Crippen molar-refractivity contribution in [2.45, 2.75) is 12.2 Å². The Balaban J connectivity index is 2.60. The van der Waals surface area contributed by atoms with Gasteiger partial charge < -0.3 is 4.52 Å². The summed E-state index contributed by atoms with van der Waals surface area (Å²) < 4.78 is 4.76. The van der Waals surface area contributed by atoms with E-state index in [1.165, 1.54) is 0 Å². The highest BCUT2D eigenvalue weighted by atomic mass is 32.2. The molecule has 0 spiro atoms. The quantitative estimate of drug-likeness (QED) is 0.675. The van der Waals surface area contributed by atoms with Crippen LogP contribution in [0.1, 0.15) is 11.7 Å². The summed E-state index contributed by atoms with van der Waals surface area (Å²) in [6.45, 7) is 0. The molecule has 5 heteroatoms. The molecule has 0 aliphatic heterocycles. The first kappa shape index (κ1) is 8.08. The fraction of sp³-hybridized carbons (Fsp3) is 0.500. The summed E-state index contributed by atoms with van der Waals surface area (Å²) in [5.41, 5.74) is 0. The summed E-state index contributed by atoms with van der Waals surface area (Å²) in [6.07, 6.45) is 2.15. The topological polar surface area (TPSA) is 62.7 Å². The third kappa shape index (κ3) is 2.24. The van der Waals surface area contributed by atoms with E-state index in [-0.39, 0.29) is 6.42 Å². The smallest absolute Gasteiger partial charge is 0.240 e. The largest absolute Gasteiger partial charge is 0.338 e. The van der Waals surface area contributed by atoms with E-state index in [0.717, 1.165) is 5.75 Å². The molecule has 58 valence electrons. The molecular weight excluding hydrogens is 162 g/mol. The summed E-state index contributed by atoms with van der Waals surface area (Å²) in [5, 5.41) is 11.9. The average Bonchev–Trinajstić information content (AvgIpc) is 2.38. The maximum atomic E-state index is 8.28. The summed E-state index contributed by atoms with van der Waals surface area (Å²) in [7, 11) is 0. The Morgan fingerprint density at radius 2 is 2.55 bits per heavy atom. The first-order valence-electron chi connectivity index (χ1n) is 3.04. The van der Waals surface area contributed by atoms with Crippen molar-refractivity contribution in [2.75, 3.05) is 6.26 Å². The second kappa shape index (κ2) is 3.98. The van der Waals surface area contributed by atoms with Crippen molar-refractivity contribution < 1.29 is 4.52 Å². The standard InChI is InChI=1S/C6H7N3OS/c1-11-4-5-8-6(2-3-7)10-9-5/h2,4H2,1H3. The van der Waals surface area contributed by atoms with Gasteiger partial charge in [-0.2, -0.15) is 22.0 Å². The van der Waals surface area contributed by atoms with Crippen LogP contribution in [-0.2, 0) is 12.2 Å². The third-order valence-electron chi connectivity index (χ3n) is 1.01. The van der Waals surface area contributed by atoms with Gasteiger partial charge in [-0.25, -0.2) is 0 Å². The van der Waals surface area contributed by atoms with Crippen molar-refractivity contribution in [3.8, 4) is 6.07 Å². The van der Waals surface area contributed by atoms with Crippen LogP contribution in [0, 0.1) is 11.3 Å². The van der Waals surface area contributed by atoms with Crippen LogP contribution >= 0.6 is 11.8 Å². The number of nitrogens with zero attached hydrogens (tertiary/aromatic N) is 3. The first-order valence-corrected chi connectivity index (χ1v) is 4.43. The molecule has 0 aliphatic rings. The molecule has 0 saturated heterocycles. The Kier molecular flexibility index (Phi) is 2.93. The molecule has 0 fully saturated rings.